The Labute approximate surface area is 233 Å². The van der Waals surface area contributed by atoms with E-state index in [1.54, 1.807) is 0 Å². The first kappa shape index (κ1) is 29.4. The molecule has 0 N–H and O–H groups in total. The van der Waals surface area contributed by atoms with Crippen LogP contribution in [0, 0.1) is 10.8 Å². The maximum Gasteiger partial charge on any atom is 0.0701 e. The Morgan fingerprint density at radius 3 is 0.842 bits per heavy atom. The Morgan fingerprint density at radius 2 is 0.658 bits per heavy atom. The fraction of sp³-hybridized carbons (Fsp3) is 0.368. The van der Waals surface area contributed by atoms with E-state index in [-0.39, 0.29) is 5.41 Å². The Bertz CT molecular complexity index is 989. The predicted molar refractivity (Wildman–Crippen MR) is 167 cm³/mol. The lowest BCUT2D eigenvalue weighted by molar-refractivity contribution is 0.244. The van der Waals surface area contributed by atoms with E-state index in [1.165, 1.54) is 54.4 Å². The zero-order valence-electron chi connectivity index (χ0n) is 24.6. The van der Waals surface area contributed by atoms with Gasteiger partial charge in [0.2, 0.25) is 0 Å². The van der Waals surface area contributed by atoms with Gasteiger partial charge in [-0.15, -0.1) is 0 Å². The fourth-order valence-electron chi connectivity index (χ4n) is 5.26. The van der Waals surface area contributed by atoms with Crippen LogP contribution in [0.5, 0.6) is 0 Å². The Hall–Kier alpha value is -3.12. The molecule has 1 aliphatic rings. The summed E-state index contributed by atoms with van der Waals surface area (Å²) in [5.74, 6) is 0. The van der Waals surface area contributed by atoms with Gasteiger partial charge in [-0.25, -0.2) is 0 Å². The average Bonchev–Trinajstić information content (AvgIpc) is 2.91. The molecular weight excluding hydrogens is 456 g/mol. The Kier molecular flexibility index (Phi) is 10.5. The highest BCUT2D eigenvalue weighted by molar-refractivity contribution is 5.59. The maximum absolute atomic E-state index is 2.38. The van der Waals surface area contributed by atoms with Crippen molar-refractivity contribution in [2.45, 2.75) is 79.1 Å². The third kappa shape index (κ3) is 8.45. The normalized spacial score (nSPS) is 14.8. The highest BCUT2D eigenvalue weighted by Crippen LogP contribution is 2.44. The Morgan fingerprint density at radius 1 is 0.421 bits per heavy atom. The minimum Gasteiger partial charge on any atom is -0.0622 e. The molecular formula is C38H48. The van der Waals surface area contributed by atoms with E-state index in [9.17, 15) is 0 Å². The fourth-order valence-corrected chi connectivity index (χ4v) is 5.26. The highest BCUT2D eigenvalue weighted by Gasteiger charge is 2.37. The maximum atomic E-state index is 2.38. The lowest BCUT2D eigenvalue weighted by Gasteiger charge is -2.36. The minimum atomic E-state index is -0.328. The summed E-state index contributed by atoms with van der Waals surface area (Å²) in [6.07, 6.45) is 7.31. The van der Waals surface area contributed by atoms with Crippen molar-refractivity contribution in [3.05, 3.63) is 144 Å². The molecule has 0 amide bonds. The van der Waals surface area contributed by atoms with Crippen LogP contribution in [0.25, 0.3) is 0 Å². The lowest BCUT2D eigenvalue weighted by Crippen LogP contribution is -2.30. The second-order valence-electron chi connectivity index (χ2n) is 12.9. The molecule has 0 aliphatic heterocycles. The smallest absolute Gasteiger partial charge is 0.0622 e. The predicted octanol–water partition coefficient (Wildman–Crippen LogP) is 11.1. The summed E-state index contributed by atoms with van der Waals surface area (Å²) in [6, 6.07) is 43.1. The van der Waals surface area contributed by atoms with Gasteiger partial charge in [0.1, 0.15) is 0 Å². The van der Waals surface area contributed by atoms with Crippen molar-refractivity contribution in [3.8, 4) is 0 Å². The summed E-state index contributed by atoms with van der Waals surface area (Å²) in [5, 5.41) is 0. The molecule has 5 rings (SSSR count). The molecule has 200 valence electrons. The summed E-state index contributed by atoms with van der Waals surface area (Å²) < 4.78 is 0. The number of rotatable bonds is 4. The molecule has 1 fully saturated rings. The van der Waals surface area contributed by atoms with Crippen molar-refractivity contribution in [1.82, 2.24) is 0 Å². The lowest BCUT2D eigenvalue weighted by atomic mass is 9.65. The molecule has 0 saturated heterocycles. The van der Waals surface area contributed by atoms with Crippen LogP contribution in [-0.4, -0.2) is 0 Å². The zero-order valence-corrected chi connectivity index (χ0v) is 24.6. The van der Waals surface area contributed by atoms with Gasteiger partial charge in [0.15, 0.2) is 0 Å². The Balaban J connectivity index is 0.000000254. The molecule has 1 saturated carbocycles. The van der Waals surface area contributed by atoms with E-state index in [1.807, 2.05) is 0 Å². The molecule has 0 radical (unpaired) electrons. The first-order valence-corrected chi connectivity index (χ1v) is 14.3. The molecule has 0 spiro atoms. The molecule has 0 nitrogen and oxygen atoms in total. The van der Waals surface area contributed by atoms with Gasteiger partial charge in [-0.1, -0.05) is 182 Å². The van der Waals surface area contributed by atoms with Crippen molar-refractivity contribution in [1.29, 1.82) is 0 Å². The summed E-state index contributed by atoms with van der Waals surface area (Å²) in [6.45, 7) is 13.5. The van der Waals surface area contributed by atoms with Crippen LogP contribution in [0.1, 0.15) is 95.9 Å². The third-order valence-corrected chi connectivity index (χ3v) is 7.03. The molecule has 0 unspecified atom stereocenters. The SMILES string of the molecule is CC(C)(C)C.CC1(C)CCCCC1.c1ccc(C(c2ccccc2)(c2ccccc2)c2ccccc2)cc1. The van der Waals surface area contributed by atoms with Crippen LogP contribution < -0.4 is 0 Å². The summed E-state index contributed by atoms with van der Waals surface area (Å²) >= 11 is 0. The number of hydrogen-bond acceptors (Lipinski definition) is 0. The highest BCUT2D eigenvalue weighted by atomic mass is 14.4. The van der Waals surface area contributed by atoms with E-state index in [2.05, 4.69) is 163 Å². The first-order chi connectivity index (χ1) is 18.1. The molecule has 0 aromatic heterocycles. The van der Waals surface area contributed by atoms with Gasteiger partial charge in [-0.05, 0) is 45.9 Å². The monoisotopic (exact) mass is 504 g/mol. The molecule has 0 heterocycles. The summed E-state index contributed by atoms with van der Waals surface area (Å²) in [4.78, 5) is 0. The van der Waals surface area contributed by atoms with Gasteiger partial charge in [-0.3, -0.25) is 0 Å². The number of hydrogen-bond donors (Lipinski definition) is 0. The van der Waals surface area contributed by atoms with E-state index >= 15 is 0 Å². The molecule has 4 aromatic rings. The van der Waals surface area contributed by atoms with E-state index in [4.69, 9.17) is 0 Å². The average molecular weight is 505 g/mol. The second-order valence-corrected chi connectivity index (χ2v) is 12.9. The van der Waals surface area contributed by atoms with Crippen LogP contribution in [0.4, 0.5) is 0 Å². The van der Waals surface area contributed by atoms with Gasteiger partial charge in [0.05, 0.1) is 5.41 Å². The largest absolute Gasteiger partial charge is 0.0701 e. The quantitative estimate of drug-likeness (QED) is 0.242. The van der Waals surface area contributed by atoms with Crippen molar-refractivity contribution in [3.63, 3.8) is 0 Å². The first-order valence-electron chi connectivity index (χ1n) is 14.3. The van der Waals surface area contributed by atoms with Gasteiger partial charge in [0.25, 0.3) is 0 Å². The van der Waals surface area contributed by atoms with Crippen LogP contribution in [0.2, 0.25) is 0 Å². The second kappa shape index (κ2) is 13.6. The summed E-state index contributed by atoms with van der Waals surface area (Å²) in [5.41, 5.74) is 5.96. The van der Waals surface area contributed by atoms with Crippen molar-refractivity contribution < 1.29 is 0 Å². The van der Waals surface area contributed by atoms with Gasteiger partial charge in [0, 0.05) is 0 Å². The van der Waals surface area contributed by atoms with E-state index in [0.717, 1.165) is 0 Å². The van der Waals surface area contributed by atoms with Gasteiger partial charge < -0.3 is 0 Å². The minimum absolute atomic E-state index is 0.328. The molecule has 0 atom stereocenters. The van der Waals surface area contributed by atoms with Crippen molar-refractivity contribution >= 4 is 0 Å². The zero-order chi connectivity index (χ0) is 27.5. The van der Waals surface area contributed by atoms with Gasteiger partial charge >= 0.3 is 0 Å². The van der Waals surface area contributed by atoms with Crippen LogP contribution in [-0.2, 0) is 5.41 Å². The molecule has 0 bridgehead atoms. The van der Waals surface area contributed by atoms with Crippen LogP contribution >= 0.6 is 0 Å². The topological polar surface area (TPSA) is 0 Å². The van der Waals surface area contributed by atoms with Crippen molar-refractivity contribution in [2.75, 3.05) is 0 Å². The van der Waals surface area contributed by atoms with Crippen molar-refractivity contribution in [2.24, 2.45) is 10.8 Å². The van der Waals surface area contributed by atoms with Gasteiger partial charge in [-0.2, -0.15) is 0 Å². The number of benzene rings is 4. The third-order valence-electron chi connectivity index (χ3n) is 7.03. The van der Waals surface area contributed by atoms with E-state index in [0.29, 0.717) is 10.8 Å². The molecule has 38 heavy (non-hydrogen) atoms. The molecule has 0 heteroatoms. The van der Waals surface area contributed by atoms with Crippen LogP contribution in [0.3, 0.4) is 0 Å². The molecule has 1 aliphatic carbocycles. The summed E-state index contributed by atoms with van der Waals surface area (Å²) in [7, 11) is 0. The molecule has 4 aromatic carbocycles. The van der Waals surface area contributed by atoms with E-state index < -0.39 is 0 Å². The standard InChI is InChI=1S/C25H20.C8H16.C5H12/c1-5-13-21(14-6-1)25(22-15-7-2-8-16-22,23-17-9-3-10-18-23)24-19-11-4-12-20-24;1-8(2)6-4-3-5-7-8;1-5(2,3)4/h1-20H;3-7H2,1-2H3;1-4H3. The van der Waals surface area contributed by atoms with Crippen LogP contribution in [0.15, 0.2) is 121 Å².